The highest BCUT2D eigenvalue weighted by molar-refractivity contribution is 6.23. The van der Waals surface area contributed by atoms with E-state index < -0.39 is 0 Å². The zero-order chi connectivity index (χ0) is 14.8. The van der Waals surface area contributed by atoms with E-state index in [1.54, 1.807) is 0 Å². The quantitative estimate of drug-likeness (QED) is 0.588. The maximum absolute atomic E-state index is 12.4. The molecule has 0 radical (unpaired) electrons. The molecule has 3 nitrogen and oxygen atoms in total. The number of benzene rings is 1. The van der Waals surface area contributed by atoms with Gasteiger partial charge < -0.3 is 0 Å². The molecule has 0 bridgehead atoms. The van der Waals surface area contributed by atoms with Gasteiger partial charge in [0.05, 0.1) is 5.70 Å². The summed E-state index contributed by atoms with van der Waals surface area (Å²) in [5, 5.41) is 0. The molecule has 0 aromatic heterocycles. The van der Waals surface area contributed by atoms with Crippen LogP contribution in [-0.4, -0.2) is 16.7 Å². The van der Waals surface area contributed by atoms with Crippen LogP contribution in [0.15, 0.2) is 35.9 Å². The number of imide groups is 1. The van der Waals surface area contributed by atoms with Crippen molar-refractivity contribution in [2.24, 2.45) is 0 Å². The molecular weight excluding hydrogens is 262 g/mol. The average molecular weight is 281 g/mol. The predicted octanol–water partition coefficient (Wildman–Crippen LogP) is 3.76. The number of amides is 2. The molecule has 0 unspecified atom stereocenters. The van der Waals surface area contributed by atoms with Crippen LogP contribution in [0, 0.1) is 0 Å². The first-order valence-electron chi connectivity index (χ1n) is 7.62. The van der Waals surface area contributed by atoms with Gasteiger partial charge in [-0.05, 0) is 24.5 Å². The molecule has 1 aliphatic heterocycles. The number of fused-ring (bicyclic) bond motifs is 1. The third-order valence-corrected chi connectivity index (χ3v) is 4.07. The summed E-state index contributed by atoms with van der Waals surface area (Å²) in [6.45, 7) is 2.16. The Morgan fingerprint density at radius 1 is 1.00 bits per heavy atom. The molecule has 1 heterocycles. The van der Waals surface area contributed by atoms with Crippen LogP contribution in [0.25, 0.3) is 11.8 Å². The molecule has 108 valence electrons. The highest BCUT2D eigenvalue weighted by Crippen LogP contribution is 2.37. The minimum absolute atomic E-state index is 0.141. The van der Waals surface area contributed by atoms with Crippen LogP contribution < -0.4 is 0 Å². The molecule has 2 aliphatic rings. The monoisotopic (exact) mass is 281 g/mol. The Hall–Kier alpha value is -2.16. The number of hydrogen-bond donors (Lipinski definition) is 0. The van der Waals surface area contributed by atoms with Crippen molar-refractivity contribution in [1.82, 2.24) is 4.90 Å². The van der Waals surface area contributed by atoms with Gasteiger partial charge >= 0.3 is 0 Å². The first-order chi connectivity index (χ1) is 10.2. The Morgan fingerprint density at radius 3 is 2.57 bits per heavy atom. The number of nitrogens with zero attached hydrogens (tertiary/aromatic N) is 1. The first kappa shape index (κ1) is 13.8. The van der Waals surface area contributed by atoms with Crippen LogP contribution >= 0.6 is 0 Å². The summed E-state index contributed by atoms with van der Waals surface area (Å²) in [6.07, 6.45) is 8.55. The number of carbonyl (C=O) groups excluding carboxylic acids is 2. The van der Waals surface area contributed by atoms with Gasteiger partial charge in [-0.1, -0.05) is 50.5 Å². The molecule has 0 atom stereocenters. The fraction of sp³-hybridized carbons (Fsp3) is 0.333. The molecular formula is C18H19NO2. The highest BCUT2D eigenvalue weighted by atomic mass is 16.2. The standard InChI is InChI=1S/C18H19NO2/c1-2-3-4-5-9-14-12-17(20)19(18(14)21)16-11-13-8-6-7-10-15(13)16/h6-8,10-12H,2-5,9H2,1H3. The molecule has 0 saturated carbocycles. The second-order valence-electron chi connectivity index (χ2n) is 5.58. The summed E-state index contributed by atoms with van der Waals surface area (Å²) in [5.74, 6) is -0.344. The molecule has 0 saturated heterocycles. The Balaban J connectivity index is 1.68. The van der Waals surface area contributed by atoms with Gasteiger partial charge in [-0.3, -0.25) is 9.59 Å². The maximum Gasteiger partial charge on any atom is 0.261 e. The van der Waals surface area contributed by atoms with Crippen LogP contribution in [0.4, 0.5) is 0 Å². The predicted molar refractivity (Wildman–Crippen MR) is 83.0 cm³/mol. The summed E-state index contributed by atoms with van der Waals surface area (Å²) in [7, 11) is 0. The second kappa shape index (κ2) is 5.68. The summed E-state index contributed by atoms with van der Waals surface area (Å²) in [6, 6.07) is 7.82. The van der Waals surface area contributed by atoms with Crippen molar-refractivity contribution in [3.05, 3.63) is 47.0 Å². The summed E-state index contributed by atoms with van der Waals surface area (Å²) in [4.78, 5) is 25.9. The van der Waals surface area contributed by atoms with Crippen molar-refractivity contribution in [1.29, 1.82) is 0 Å². The van der Waals surface area contributed by atoms with Crippen LogP contribution in [0.5, 0.6) is 0 Å². The van der Waals surface area contributed by atoms with Crippen LogP contribution in [0.2, 0.25) is 0 Å². The number of unbranched alkanes of at least 4 members (excludes halogenated alkanes) is 3. The van der Waals surface area contributed by atoms with E-state index in [1.807, 2.05) is 30.3 Å². The van der Waals surface area contributed by atoms with Gasteiger partial charge in [-0.15, -0.1) is 0 Å². The third kappa shape index (κ3) is 2.44. The van der Waals surface area contributed by atoms with Gasteiger partial charge in [-0.25, -0.2) is 4.90 Å². The fourth-order valence-electron chi connectivity index (χ4n) is 2.86. The van der Waals surface area contributed by atoms with E-state index in [0.717, 1.165) is 29.7 Å². The van der Waals surface area contributed by atoms with E-state index in [9.17, 15) is 9.59 Å². The maximum atomic E-state index is 12.4. The molecule has 0 N–H and O–H groups in total. The number of carbonyl (C=O) groups is 2. The van der Waals surface area contributed by atoms with Crippen molar-refractivity contribution in [2.75, 3.05) is 0 Å². The van der Waals surface area contributed by atoms with Gasteiger partial charge in [0.15, 0.2) is 0 Å². The molecule has 0 fully saturated rings. The molecule has 3 heteroatoms. The van der Waals surface area contributed by atoms with Crippen molar-refractivity contribution in [3.8, 4) is 0 Å². The smallest absolute Gasteiger partial charge is 0.261 e. The molecule has 1 aromatic rings. The fourth-order valence-corrected chi connectivity index (χ4v) is 2.86. The largest absolute Gasteiger partial charge is 0.269 e. The number of rotatable bonds is 6. The molecule has 3 rings (SSSR count). The van der Waals surface area contributed by atoms with E-state index in [4.69, 9.17) is 0 Å². The minimum Gasteiger partial charge on any atom is -0.269 e. The molecule has 1 aliphatic carbocycles. The van der Waals surface area contributed by atoms with Crippen LogP contribution in [0.3, 0.4) is 0 Å². The Kier molecular flexibility index (Phi) is 3.74. The lowest BCUT2D eigenvalue weighted by atomic mass is 9.93. The van der Waals surface area contributed by atoms with Crippen molar-refractivity contribution < 1.29 is 9.59 Å². The van der Waals surface area contributed by atoms with E-state index >= 15 is 0 Å². The summed E-state index contributed by atoms with van der Waals surface area (Å²) in [5.41, 5.74) is 3.46. The lowest BCUT2D eigenvalue weighted by Crippen LogP contribution is -2.31. The van der Waals surface area contributed by atoms with Crippen molar-refractivity contribution in [2.45, 2.75) is 39.0 Å². The van der Waals surface area contributed by atoms with Crippen molar-refractivity contribution >= 4 is 23.6 Å². The Bertz CT molecular complexity index is 655. The summed E-state index contributed by atoms with van der Waals surface area (Å²) >= 11 is 0. The van der Waals surface area contributed by atoms with Crippen LogP contribution in [0.1, 0.15) is 50.2 Å². The van der Waals surface area contributed by atoms with Gasteiger partial charge in [0.2, 0.25) is 0 Å². The van der Waals surface area contributed by atoms with Gasteiger partial charge in [0.1, 0.15) is 0 Å². The highest BCUT2D eigenvalue weighted by Gasteiger charge is 2.36. The first-order valence-corrected chi connectivity index (χ1v) is 7.62. The summed E-state index contributed by atoms with van der Waals surface area (Å²) < 4.78 is 0. The lowest BCUT2D eigenvalue weighted by Gasteiger charge is -2.26. The van der Waals surface area contributed by atoms with Gasteiger partial charge in [0.25, 0.3) is 11.8 Å². The van der Waals surface area contributed by atoms with E-state index in [2.05, 4.69) is 6.92 Å². The molecule has 1 aromatic carbocycles. The van der Waals surface area contributed by atoms with E-state index in [1.165, 1.54) is 23.8 Å². The number of hydrogen-bond acceptors (Lipinski definition) is 2. The molecule has 21 heavy (non-hydrogen) atoms. The van der Waals surface area contributed by atoms with Gasteiger partial charge in [0, 0.05) is 17.2 Å². The van der Waals surface area contributed by atoms with Crippen molar-refractivity contribution in [3.63, 3.8) is 0 Å². The zero-order valence-corrected chi connectivity index (χ0v) is 12.3. The normalized spacial score (nSPS) is 16.5. The SMILES string of the molecule is CCCCCCC1=CC(=O)N(C2=Cc3ccccc32)C1=O. The molecule has 0 spiro atoms. The van der Waals surface area contributed by atoms with Crippen LogP contribution in [-0.2, 0) is 9.59 Å². The Labute approximate surface area is 125 Å². The van der Waals surface area contributed by atoms with E-state index in [-0.39, 0.29) is 11.8 Å². The lowest BCUT2D eigenvalue weighted by molar-refractivity contribution is -0.133. The zero-order valence-electron chi connectivity index (χ0n) is 12.3. The molecule has 2 amide bonds. The van der Waals surface area contributed by atoms with E-state index in [0.29, 0.717) is 12.0 Å². The topological polar surface area (TPSA) is 37.4 Å². The van der Waals surface area contributed by atoms with Gasteiger partial charge in [-0.2, -0.15) is 0 Å². The minimum atomic E-state index is -0.203. The third-order valence-electron chi connectivity index (χ3n) is 4.07. The Morgan fingerprint density at radius 2 is 1.81 bits per heavy atom. The second-order valence-corrected chi connectivity index (χ2v) is 5.58. The average Bonchev–Trinajstić information content (AvgIpc) is 2.73.